The third kappa shape index (κ3) is 1.48. The largest absolute Gasteiger partial charge is 0.481 e. The van der Waals surface area contributed by atoms with Crippen LogP contribution in [0.1, 0.15) is 16.7 Å². The molecule has 0 saturated carbocycles. The molecule has 19 heavy (non-hydrogen) atoms. The predicted octanol–water partition coefficient (Wildman–Crippen LogP) is 3.28. The maximum Gasteiger partial charge on any atom is 0.307 e. The summed E-state index contributed by atoms with van der Waals surface area (Å²) in [5.74, 6) is 0.358. The lowest BCUT2D eigenvalue weighted by Gasteiger charge is -2.08. The van der Waals surface area contributed by atoms with Crippen LogP contribution in [0.3, 0.4) is 0 Å². The minimum Gasteiger partial charge on any atom is -0.481 e. The van der Waals surface area contributed by atoms with Gasteiger partial charge in [0, 0.05) is 5.75 Å². The number of carboxylic acid groups (broad SMARTS) is 1. The zero-order chi connectivity index (χ0) is 13.0. The van der Waals surface area contributed by atoms with Crippen LogP contribution >= 0.6 is 11.8 Å². The summed E-state index contributed by atoms with van der Waals surface area (Å²) in [5, 5.41) is 8.92. The van der Waals surface area contributed by atoms with Crippen molar-refractivity contribution in [1.82, 2.24) is 0 Å². The van der Waals surface area contributed by atoms with E-state index in [1.807, 2.05) is 17.8 Å². The second-order valence-corrected chi connectivity index (χ2v) is 6.39. The summed E-state index contributed by atoms with van der Waals surface area (Å²) >= 11 is 1.97. The number of benzene rings is 2. The molecule has 0 aromatic heterocycles. The Morgan fingerprint density at radius 2 is 1.89 bits per heavy atom. The molecule has 2 nitrogen and oxygen atoms in total. The van der Waals surface area contributed by atoms with Gasteiger partial charge in [0.05, 0.1) is 11.2 Å². The van der Waals surface area contributed by atoms with Crippen LogP contribution in [0.2, 0.25) is 0 Å². The van der Waals surface area contributed by atoms with E-state index in [4.69, 9.17) is 5.11 Å². The van der Waals surface area contributed by atoms with Crippen molar-refractivity contribution in [2.24, 2.45) is 0 Å². The molecule has 0 amide bonds. The van der Waals surface area contributed by atoms with Crippen molar-refractivity contribution < 1.29 is 9.90 Å². The number of hydrogen-bond donors (Lipinski definition) is 1. The standard InChI is InChI=1S/C16H12O2S/c17-15(18)8-10-5-6-14-12(7-10)11-3-1-2-4-13(11)16(14)9-19-16/h1-7H,8-9H2,(H,17,18). The van der Waals surface area contributed by atoms with Crippen molar-refractivity contribution >= 4 is 17.7 Å². The smallest absolute Gasteiger partial charge is 0.307 e. The summed E-state index contributed by atoms with van der Waals surface area (Å²) in [6.07, 6.45) is 0.0928. The van der Waals surface area contributed by atoms with Gasteiger partial charge >= 0.3 is 5.97 Å². The molecule has 1 N–H and O–H groups in total. The van der Waals surface area contributed by atoms with Gasteiger partial charge in [-0.3, -0.25) is 4.79 Å². The van der Waals surface area contributed by atoms with Crippen LogP contribution in [-0.2, 0) is 16.0 Å². The van der Waals surface area contributed by atoms with Gasteiger partial charge < -0.3 is 5.11 Å². The quantitative estimate of drug-likeness (QED) is 0.849. The Bertz CT molecular complexity index is 702. The molecule has 3 heteroatoms. The molecular weight excluding hydrogens is 256 g/mol. The summed E-state index contributed by atoms with van der Waals surface area (Å²) in [6.45, 7) is 0. The Kier molecular flexibility index (Phi) is 2.13. The summed E-state index contributed by atoms with van der Waals surface area (Å²) in [5.41, 5.74) is 6.12. The van der Waals surface area contributed by atoms with Crippen LogP contribution in [0.25, 0.3) is 11.1 Å². The van der Waals surface area contributed by atoms with E-state index in [0.29, 0.717) is 0 Å². The van der Waals surface area contributed by atoms with Crippen molar-refractivity contribution in [3.05, 3.63) is 59.2 Å². The van der Waals surface area contributed by atoms with Crippen LogP contribution in [0.4, 0.5) is 0 Å². The normalized spacial score (nSPS) is 22.1. The van der Waals surface area contributed by atoms with Gasteiger partial charge in [-0.2, -0.15) is 0 Å². The minimum atomic E-state index is -0.776. The van der Waals surface area contributed by atoms with Crippen molar-refractivity contribution in [2.75, 3.05) is 5.75 Å². The van der Waals surface area contributed by atoms with Crippen LogP contribution < -0.4 is 0 Å². The number of fused-ring (bicyclic) bond motifs is 5. The Morgan fingerprint density at radius 3 is 2.63 bits per heavy atom. The highest BCUT2D eigenvalue weighted by atomic mass is 32.2. The van der Waals surface area contributed by atoms with Crippen LogP contribution in [-0.4, -0.2) is 16.8 Å². The second kappa shape index (κ2) is 3.64. The van der Waals surface area contributed by atoms with Crippen molar-refractivity contribution in [1.29, 1.82) is 0 Å². The number of hydrogen-bond acceptors (Lipinski definition) is 2. The fourth-order valence-electron chi connectivity index (χ4n) is 3.05. The molecule has 2 aromatic rings. The highest BCUT2D eigenvalue weighted by molar-refractivity contribution is 8.07. The molecule has 1 heterocycles. The molecule has 1 aliphatic carbocycles. The van der Waals surface area contributed by atoms with E-state index in [-0.39, 0.29) is 11.2 Å². The SMILES string of the molecule is O=C(O)Cc1ccc2c(c1)-c1ccccc1C21CS1. The molecular formula is C16H12O2S. The number of aliphatic carboxylic acids is 1. The zero-order valence-electron chi connectivity index (χ0n) is 10.2. The average molecular weight is 268 g/mol. The van der Waals surface area contributed by atoms with E-state index < -0.39 is 5.97 Å². The van der Waals surface area contributed by atoms with Gasteiger partial charge in [-0.1, -0.05) is 42.5 Å². The Morgan fingerprint density at radius 1 is 1.16 bits per heavy atom. The van der Waals surface area contributed by atoms with Gasteiger partial charge in [-0.25, -0.2) is 0 Å². The van der Waals surface area contributed by atoms with Gasteiger partial charge in [-0.05, 0) is 27.8 Å². The van der Waals surface area contributed by atoms with Crippen molar-refractivity contribution in [3.63, 3.8) is 0 Å². The maximum atomic E-state index is 10.9. The van der Waals surface area contributed by atoms with Crippen LogP contribution in [0.15, 0.2) is 42.5 Å². The van der Waals surface area contributed by atoms with Gasteiger partial charge in [0.1, 0.15) is 0 Å². The first kappa shape index (κ1) is 11.1. The fraction of sp³-hybridized carbons (Fsp3) is 0.188. The molecule has 0 bridgehead atoms. The summed E-state index contributed by atoms with van der Waals surface area (Å²) in [6, 6.07) is 14.6. The molecule has 4 rings (SSSR count). The maximum absolute atomic E-state index is 10.9. The zero-order valence-corrected chi connectivity index (χ0v) is 11.0. The fourth-order valence-corrected chi connectivity index (χ4v) is 4.17. The highest BCUT2D eigenvalue weighted by Crippen LogP contribution is 2.65. The van der Waals surface area contributed by atoms with Gasteiger partial charge in [0.15, 0.2) is 0 Å². The third-order valence-electron chi connectivity index (χ3n) is 3.96. The minimum absolute atomic E-state index is 0.0928. The van der Waals surface area contributed by atoms with Crippen LogP contribution in [0.5, 0.6) is 0 Å². The molecule has 2 aliphatic rings. The van der Waals surface area contributed by atoms with E-state index in [1.165, 1.54) is 22.3 Å². The number of carbonyl (C=O) groups is 1. The topological polar surface area (TPSA) is 37.3 Å². The Labute approximate surface area is 115 Å². The Balaban J connectivity index is 1.91. The second-order valence-electron chi connectivity index (χ2n) is 5.11. The van der Waals surface area contributed by atoms with Gasteiger partial charge in [0.2, 0.25) is 0 Å². The molecule has 1 saturated heterocycles. The van der Waals surface area contributed by atoms with Crippen molar-refractivity contribution in [3.8, 4) is 11.1 Å². The lowest BCUT2D eigenvalue weighted by molar-refractivity contribution is -0.136. The summed E-state index contributed by atoms with van der Waals surface area (Å²) in [7, 11) is 0. The molecule has 1 spiro atoms. The highest BCUT2D eigenvalue weighted by Gasteiger charge is 2.53. The average Bonchev–Trinajstić information content (AvgIpc) is 3.14. The molecule has 2 aromatic carbocycles. The first-order chi connectivity index (χ1) is 9.21. The lowest BCUT2D eigenvalue weighted by Crippen LogP contribution is -2.04. The molecule has 1 unspecified atom stereocenters. The molecule has 0 radical (unpaired) electrons. The van der Waals surface area contributed by atoms with E-state index in [0.717, 1.165) is 11.3 Å². The molecule has 1 fully saturated rings. The summed E-state index contributed by atoms with van der Waals surface area (Å²) < 4.78 is 0.160. The first-order valence-electron chi connectivity index (χ1n) is 6.30. The van der Waals surface area contributed by atoms with E-state index in [1.54, 1.807) is 0 Å². The first-order valence-corrected chi connectivity index (χ1v) is 7.28. The van der Waals surface area contributed by atoms with Gasteiger partial charge in [-0.15, -0.1) is 11.8 Å². The molecule has 1 atom stereocenters. The van der Waals surface area contributed by atoms with E-state index in [2.05, 4.69) is 36.4 Å². The van der Waals surface area contributed by atoms with E-state index in [9.17, 15) is 4.79 Å². The monoisotopic (exact) mass is 268 g/mol. The van der Waals surface area contributed by atoms with Crippen molar-refractivity contribution in [2.45, 2.75) is 11.2 Å². The molecule has 94 valence electrons. The number of thioether (sulfide) groups is 1. The van der Waals surface area contributed by atoms with Gasteiger partial charge in [0.25, 0.3) is 0 Å². The predicted molar refractivity (Wildman–Crippen MR) is 76.5 cm³/mol. The third-order valence-corrected chi connectivity index (χ3v) is 5.27. The number of rotatable bonds is 2. The Hall–Kier alpha value is -1.74. The molecule has 1 aliphatic heterocycles. The van der Waals surface area contributed by atoms with E-state index >= 15 is 0 Å². The summed E-state index contributed by atoms with van der Waals surface area (Å²) in [4.78, 5) is 10.9. The van der Waals surface area contributed by atoms with Crippen LogP contribution in [0, 0.1) is 0 Å². The number of carboxylic acids is 1. The lowest BCUT2D eigenvalue weighted by atomic mass is 9.98.